The summed E-state index contributed by atoms with van der Waals surface area (Å²) in [5.41, 5.74) is 0.639. The Bertz CT molecular complexity index is 437. The van der Waals surface area contributed by atoms with Crippen LogP contribution in [0, 0.1) is 6.92 Å². The number of pyridine rings is 1. The van der Waals surface area contributed by atoms with Crippen molar-refractivity contribution in [2.75, 3.05) is 0 Å². The maximum atomic E-state index is 10.7. The van der Waals surface area contributed by atoms with E-state index in [-0.39, 0.29) is 16.9 Å². The van der Waals surface area contributed by atoms with Crippen molar-refractivity contribution in [3.63, 3.8) is 0 Å². The minimum atomic E-state index is -1.13. The third kappa shape index (κ3) is 2.40. The van der Waals surface area contributed by atoms with E-state index in [9.17, 15) is 14.7 Å². The zero-order chi connectivity index (χ0) is 11.4. The van der Waals surface area contributed by atoms with Crippen LogP contribution in [0.3, 0.4) is 0 Å². The van der Waals surface area contributed by atoms with Crippen molar-refractivity contribution in [3.8, 4) is 5.75 Å². The van der Waals surface area contributed by atoms with E-state index in [0.717, 1.165) is 6.08 Å². The van der Waals surface area contributed by atoms with E-state index in [2.05, 4.69) is 4.98 Å². The molecule has 0 radical (unpaired) electrons. The van der Waals surface area contributed by atoms with Gasteiger partial charge in [0.15, 0.2) is 6.29 Å². The van der Waals surface area contributed by atoms with E-state index in [4.69, 9.17) is 5.11 Å². The average molecular weight is 207 g/mol. The number of aliphatic carboxylic acids is 1. The second-order valence-electron chi connectivity index (χ2n) is 2.85. The van der Waals surface area contributed by atoms with Crippen LogP contribution in [-0.2, 0) is 4.79 Å². The topological polar surface area (TPSA) is 87.5 Å². The second kappa shape index (κ2) is 4.36. The Morgan fingerprint density at radius 2 is 2.20 bits per heavy atom. The number of nitrogens with zero attached hydrogens (tertiary/aromatic N) is 1. The molecular formula is C10H9NO4. The van der Waals surface area contributed by atoms with Crippen LogP contribution in [0.1, 0.15) is 21.6 Å². The Morgan fingerprint density at radius 1 is 1.53 bits per heavy atom. The summed E-state index contributed by atoms with van der Waals surface area (Å²) in [4.78, 5) is 24.8. The summed E-state index contributed by atoms with van der Waals surface area (Å²) in [6.07, 6.45) is 3.88. The minimum Gasteiger partial charge on any atom is -0.505 e. The van der Waals surface area contributed by atoms with Gasteiger partial charge in [0.25, 0.3) is 0 Å². The van der Waals surface area contributed by atoms with Gasteiger partial charge in [0, 0.05) is 17.8 Å². The molecule has 2 N–H and O–H groups in total. The van der Waals surface area contributed by atoms with Gasteiger partial charge in [-0.15, -0.1) is 0 Å². The summed E-state index contributed by atoms with van der Waals surface area (Å²) in [6.45, 7) is 1.55. The van der Waals surface area contributed by atoms with Crippen molar-refractivity contribution in [2.45, 2.75) is 6.92 Å². The molecule has 0 fully saturated rings. The molecule has 0 aliphatic rings. The molecular weight excluding hydrogens is 198 g/mol. The standard InChI is InChI=1S/C10H9NO4/c1-6-10(15)8(5-12)7(4-11-6)2-3-9(13)14/h2-5,15H,1H3,(H,13,14). The molecule has 0 saturated carbocycles. The Balaban J connectivity index is 3.25. The number of aryl methyl sites for hydroxylation is 1. The number of rotatable bonds is 3. The lowest BCUT2D eigenvalue weighted by Gasteiger charge is -2.03. The van der Waals surface area contributed by atoms with E-state index in [0.29, 0.717) is 12.0 Å². The largest absolute Gasteiger partial charge is 0.505 e. The lowest BCUT2D eigenvalue weighted by atomic mass is 10.1. The molecule has 15 heavy (non-hydrogen) atoms. The highest BCUT2D eigenvalue weighted by Crippen LogP contribution is 2.22. The van der Waals surface area contributed by atoms with Crippen molar-refractivity contribution in [2.24, 2.45) is 0 Å². The quantitative estimate of drug-likeness (QED) is 0.570. The summed E-state index contributed by atoms with van der Waals surface area (Å²) in [5, 5.41) is 17.9. The van der Waals surface area contributed by atoms with Gasteiger partial charge >= 0.3 is 5.97 Å². The van der Waals surface area contributed by atoms with E-state index >= 15 is 0 Å². The van der Waals surface area contributed by atoms with Crippen LogP contribution in [0.25, 0.3) is 6.08 Å². The molecule has 0 aliphatic heterocycles. The summed E-state index contributed by atoms with van der Waals surface area (Å²) >= 11 is 0. The van der Waals surface area contributed by atoms with Gasteiger partial charge in [-0.2, -0.15) is 0 Å². The highest BCUT2D eigenvalue weighted by atomic mass is 16.4. The molecule has 1 aromatic heterocycles. The fourth-order valence-electron chi connectivity index (χ4n) is 1.05. The van der Waals surface area contributed by atoms with Crippen LogP contribution in [0.2, 0.25) is 0 Å². The molecule has 0 saturated heterocycles. The summed E-state index contributed by atoms with van der Waals surface area (Å²) in [6, 6.07) is 0. The minimum absolute atomic E-state index is 0.0417. The first-order valence-corrected chi connectivity index (χ1v) is 4.11. The molecule has 0 unspecified atom stereocenters. The SMILES string of the molecule is Cc1ncc(C=CC(=O)O)c(C=O)c1O. The number of hydrogen-bond acceptors (Lipinski definition) is 4. The first kappa shape index (κ1) is 10.9. The Morgan fingerprint density at radius 3 is 2.73 bits per heavy atom. The molecule has 1 aromatic rings. The van der Waals surface area contributed by atoms with Gasteiger partial charge in [-0.1, -0.05) is 0 Å². The molecule has 0 atom stereocenters. The van der Waals surface area contributed by atoms with E-state index < -0.39 is 5.97 Å². The van der Waals surface area contributed by atoms with E-state index in [1.54, 1.807) is 6.92 Å². The maximum absolute atomic E-state index is 10.7. The fourth-order valence-corrected chi connectivity index (χ4v) is 1.05. The maximum Gasteiger partial charge on any atom is 0.328 e. The third-order valence-electron chi connectivity index (χ3n) is 1.83. The normalized spacial score (nSPS) is 10.5. The Labute approximate surface area is 85.7 Å². The predicted octanol–water partition coefficient (Wildman–Crippen LogP) is 1.01. The summed E-state index contributed by atoms with van der Waals surface area (Å²) < 4.78 is 0. The van der Waals surface area contributed by atoms with Crippen LogP contribution in [0.4, 0.5) is 0 Å². The second-order valence-corrected chi connectivity index (χ2v) is 2.85. The van der Waals surface area contributed by atoms with Gasteiger partial charge in [-0.3, -0.25) is 9.78 Å². The third-order valence-corrected chi connectivity index (χ3v) is 1.83. The molecule has 0 aliphatic carbocycles. The van der Waals surface area contributed by atoms with Crippen LogP contribution < -0.4 is 0 Å². The Kier molecular flexibility index (Phi) is 3.17. The highest BCUT2D eigenvalue weighted by Gasteiger charge is 2.08. The molecule has 1 heterocycles. The smallest absolute Gasteiger partial charge is 0.328 e. The Hall–Kier alpha value is -2.17. The monoisotopic (exact) mass is 207 g/mol. The van der Waals surface area contributed by atoms with Crippen LogP contribution in [0.15, 0.2) is 12.3 Å². The number of aromatic hydroxyl groups is 1. The molecule has 5 nitrogen and oxygen atoms in total. The van der Waals surface area contributed by atoms with E-state index in [1.807, 2.05) is 0 Å². The zero-order valence-electron chi connectivity index (χ0n) is 7.97. The molecule has 0 amide bonds. The van der Waals surface area contributed by atoms with Crippen molar-refractivity contribution >= 4 is 18.3 Å². The van der Waals surface area contributed by atoms with E-state index in [1.165, 1.54) is 12.3 Å². The predicted molar refractivity (Wildman–Crippen MR) is 52.7 cm³/mol. The fraction of sp³-hybridized carbons (Fsp3) is 0.100. The van der Waals surface area contributed by atoms with Gasteiger partial charge in [0.2, 0.25) is 0 Å². The first-order chi connectivity index (χ1) is 7.06. The lowest BCUT2D eigenvalue weighted by Crippen LogP contribution is -1.94. The van der Waals surface area contributed by atoms with Crippen LogP contribution in [0.5, 0.6) is 5.75 Å². The van der Waals surface area contributed by atoms with Crippen molar-refractivity contribution < 1.29 is 19.8 Å². The van der Waals surface area contributed by atoms with Crippen molar-refractivity contribution in [3.05, 3.63) is 29.1 Å². The number of carbonyl (C=O) groups is 2. The van der Waals surface area contributed by atoms with Gasteiger partial charge < -0.3 is 10.2 Å². The molecule has 1 rings (SSSR count). The zero-order valence-corrected chi connectivity index (χ0v) is 7.97. The van der Waals surface area contributed by atoms with Gasteiger partial charge in [0.1, 0.15) is 5.75 Å². The van der Waals surface area contributed by atoms with Crippen molar-refractivity contribution in [1.82, 2.24) is 4.98 Å². The lowest BCUT2D eigenvalue weighted by molar-refractivity contribution is -0.131. The van der Waals surface area contributed by atoms with Crippen molar-refractivity contribution in [1.29, 1.82) is 0 Å². The number of carbonyl (C=O) groups excluding carboxylic acids is 1. The molecule has 0 bridgehead atoms. The molecule has 0 spiro atoms. The highest BCUT2D eigenvalue weighted by molar-refractivity contribution is 5.90. The summed E-state index contributed by atoms with van der Waals surface area (Å²) in [5.74, 6) is -1.36. The molecule has 5 heteroatoms. The van der Waals surface area contributed by atoms with Crippen LogP contribution >= 0.6 is 0 Å². The first-order valence-electron chi connectivity index (χ1n) is 4.11. The van der Waals surface area contributed by atoms with Gasteiger partial charge in [-0.05, 0) is 13.0 Å². The molecule has 0 aromatic carbocycles. The van der Waals surface area contributed by atoms with Gasteiger partial charge in [-0.25, -0.2) is 4.79 Å². The summed E-state index contributed by atoms with van der Waals surface area (Å²) in [7, 11) is 0. The average Bonchev–Trinajstić information content (AvgIpc) is 2.19. The number of carboxylic acid groups (broad SMARTS) is 1. The number of carboxylic acids is 1. The van der Waals surface area contributed by atoms with Gasteiger partial charge in [0.05, 0.1) is 11.3 Å². The number of aldehydes is 1. The number of hydrogen-bond donors (Lipinski definition) is 2. The number of aromatic nitrogens is 1. The molecule has 78 valence electrons. The van der Waals surface area contributed by atoms with Crippen LogP contribution in [-0.4, -0.2) is 27.5 Å².